The van der Waals surface area contributed by atoms with Crippen LogP contribution in [0.1, 0.15) is 49.7 Å². The number of nitrogens with one attached hydrogen (secondary N) is 1. The van der Waals surface area contributed by atoms with Gasteiger partial charge in [0.1, 0.15) is 11.9 Å². The molecular formula is C32H37BrFN3O4S. The molecule has 1 saturated carbocycles. The van der Waals surface area contributed by atoms with Crippen LogP contribution in [0.15, 0.2) is 83.3 Å². The lowest BCUT2D eigenvalue weighted by Gasteiger charge is -2.33. The van der Waals surface area contributed by atoms with Crippen LogP contribution in [0, 0.1) is 5.82 Å². The Kier molecular flexibility index (Phi) is 11.2. The summed E-state index contributed by atoms with van der Waals surface area (Å²) in [7, 11) is -3.80. The zero-order valence-corrected chi connectivity index (χ0v) is 26.1. The van der Waals surface area contributed by atoms with E-state index in [2.05, 4.69) is 21.2 Å². The van der Waals surface area contributed by atoms with Crippen LogP contribution in [0.25, 0.3) is 0 Å². The molecule has 0 heterocycles. The number of carbonyl (C=O) groups is 2. The van der Waals surface area contributed by atoms with Crippen LogP contribution in [-0.4, -0.2) is 50.0 Å². The topological polar surface area (TPSA) is 86.8 Å². The molecule has 10 heteroatoms. The van der Waals surface area contributed by atoms with Gasteiger partial charge in [0.25, 0.3) is 0 Å². The molecule has 1 atom stereocenters. The van der Waals surface area contributed by atoms with Gasteiger partial charge in [-0.2, -0.15) is 0 Å². The maximum atomic E-state index is 14.5. The van der Waals surface area contributed by atoms with E-state index in [0.717, 1.165) is 51.8 Å². The zero-order valence-electron chi connectivity index (χ0n) is 23.7. The third kappa shape index (κ3) is 8.88. The van der Waals surface area contributed by atoms with E-state index in [1.807, 2.05) is 54.6 Å². The zero-order chi connectivity index (χ0) is 30.1. The van der Waals surface area contributed by atoms with Crippen molar-refractivity contribution in [3.05, 3.63) is 100 Å². The van der Waals surface area contributed by atoms with Gasteiger partial charge in [0.15, 0.2) is 0 Å². The Labute approximate surface area is 256 Å². The number of carbonyl (C=O) groups excluding carboxylic acids is 2. The van der Waals surface area contributed by atoms with Gasteiger partial charge in [0.05, 0.1) is 11.9 Å². The largest absolute Gasteiger partial charge is 0.352 e. The Morgan fingerprint density at radius 2 is 1.64 bits per heavy atom. The maximum absolute atomic E-state index is 14.5. The standard InChI is InChI=1S/C32H37BrFN3O4S/c1-42(40,41)37(29-18-8-7-17-28(29)34)20-10-19-31(38)36(23-25-13-9-14-26(33)21-25)30(22-24-11-3-2-4-12-24)32(39)35-27-15-5-6-16-27/h2-4,7-9,11-14,17-18,21,27,30H,5-6,10,15-16,19-20,22-23H2,1H3,(H,35,39)/t30-/m1/s1. The molecule has 0 aromatic heterocycles. The average Bonchev–Trinajstić information content (AvgIpc) is 3.46. The molecule has 1 aliphatic carbocycles. The van der Waals surface area contributed by atoms with Gasteiger partial charge >= 0.3 is 0 Å². The first-order chi connectivity index (χ1) is 20.1. The van der Waals surface area contributed by atoms with E-state index < -0.39 is 21.9 Å². The predicted molar refractivity (Wildman–Crippen MR) is 167 cm³/mol. The number of hydrogen-bond donors (Lipinski definition) is 1. The third-order valence-electron chi connectivity index (χ3n) is 7.49. The molecule has 0 bridgehead atoms. The molecule has 3 aromatic carbocycles. The minimum absolute atomic E-state index is 0.0174. The van der Waals surface area contributed by atoms with Crippen LogP contribution >= 0.6 is 15.9 Å². The van der Waals surface area contributed by atoms with Crippen LogP contribution in [0.2, 0.25) is 0 Å². The molecule has 0 spiro atoms. The van der Waals surface area contributed by atoms with Gasteiger partial charge in [-0.25, -0.2) is 12.8 Å². The first-order valence-electron chi connectivity index (χ1n) is 14.2. The minimum atomic E-state index is -3.80. The summed E-state index contributed by atoms with van der Waals surface area (Å²) in [6.45, 7) is 0.130. The van der Waals surface area contributed by atoms with Gasteiger partial charge in [-0.05, 0) is 54.7 Å². The number of anilines is 1. The van der Waals surface area contributed by atoms with Crippen LogP contribution in [-0.2, 0) is 32.6 Å². The van der Waals surface area contributed by atoms with Crippen molar-refractivity contribution in [1.29, 1.82) is 0 Å². The summed E-state index contributed by atoms with van der Waals surface area (Å²) in [6.07, 6.45) is 5.45. The lowest BCUT2D eigenvalue weighted by molar-refractivity contribution is -0.141. The second kappa shape index (κ2) is 14.8. The lowest BCUT2D eigenvalue weighted by atomic mass is 10.0. The number of benzene rings is 3. The molecule has 0 unspecified atom stereocenters. The molecule has 224 valence electrons. The van der Waals surface area contributed by atoms with Crippen molar-refractivity contribution < 1.29 is 22.4 Å². The second-order valence-corrected chi connectivity index (χ2v) is 13.6. The number of para-hydroxylation sites is 1. The third-order valence-corrected chi connectivity index (χ3v) is 9.16. The summed E-state index contributed by atoms with van der Waals surface area (Å²) in [6, 6.07) is 22.2. The number of hydrogen-bond acceptors (Lipinski definition) is 4. The second-order valence-electron chi connectivity index (χ2n) is 10.7. The number of rotatable bonds is 13. The predicted octanol–water partition coefficient (Wildman–Crippen LogP) is 5.83. The van der Waals surface area contributed by atoms with Crippen molar-refractivity contribution >= 4 is 43.5 Å². The smallest absolute Gasteiger partial charge is 0.243 e. The normalized spacial score (nSPS) is 14.4. The van der Waals surface area contributed by atoms with E-state index in [1.165, 1.54) is 18.2 Å². The molecule has 2 amide bonds. The van der Waals surface area contributed by atoms with Crippen molar-refractivity contribution in [2.24, 2.45) is 0 Å². The Bertz CT molecular complexity index is 1470. The molecule has 3 aromatic rings. The summed E-state index contributed by atoms with van der Waals surface area (Å²) in [5.74, 6) is -1.13. The first kappa shape index (κ1) is 31.7. The number of halogens is 2. The summed E-state index contributed by atoms with van der Waals surface area (Å²) in [5.41, 5.74) is 1.73. The number of sulfonamides is 1. The monoisotopic (exact) mass is 657 g/mol. The van der Waals surface area contributed by atoms with Crippen molar-refractivity contribution in [1.82, 2.24) is 10.2 Å². The molecular weight excluding hydrogens is 621 g/mol. The minimum Gasteiger partial charge on any atom is -0.352 e. The van der Waals surface area contributed by atoms with E-state index in [-0.39, 0.29) is 49.5 Å². The van der Waals surface area contributed by atoms with Gasteiger partial charge in [0.2, 0.25) is 21.8 Å². The van der Waals surface area contributed by atoms with Crippen LogP contribution in [0.4, 0.5) is 10.1 Å². The molecule has 7 nitrogen and oxygen atoms in total. The summed E-state index contributed by atoms with van der Waals surface area (Å²) >= 11 is 3.50. The average molecular weight is 659 g/mol. The summed E-state index contributed by atoms with van der Waals surface area (Å²) < 4.78 is 41.4. The molecule has 4 rings (SSSR count). The van der Waals surface area contributed by atoms with Crippen LogP contribution in [0.5, 0.6) is 0 Å². The van der Waals surface area contributed by atoms with Gasteiger partial charge in [-0.1, -0.05) is 83.4 Å². The number of amides is 2. The Morgan fingerprint density at radius 1 is 0.976 bits per heavy atom. The Morgan fingerprint density at radius 3 is 2.31 bits per heavy atom. The molecule has 0 saturated heterocycles. The molecule has 0 radical (unpaired) electrons. The molecule has 1 aliphatic rings. The highest BCUT2D eigenvalue weighted by Gasteiger charge is 2.32. The highest BCUT2D eigenvalue weighted by molar-refractivity contribution is 9.10. The van der Waals surface area contributed by atoms with Crippen molar-refractivity contribution in [2.75, 3.05) is 17.1 Å². The van der Waals surface area contributed by atoms with E-state index in [9.17, 15) is 22.4 Å². The lowest BCUT2D eigenvalue weighted by Crippen LogP contribution is -2.52. The molecule has 42 heavy (non-hydrogen) atoms. The highest BCUT2D eigenvalue weighted by Crippen LogP contribution is 2.24. The fourth-order valence-electron chi connectivity index (χ4n) is 5.39. The summed E-state index contributed by atoms with van der Waals surface area (Å²) in [5, 5.41) is 3.18. The van der Waals surface area contributed by atoms with E-state index >= 15 is 0 Å². The maximum Gasteiger partial charge on any atom is 0.243 e. The van der Waals surface area contributed by atoms with Gasteiger partial charge in [-0.3, -0.25) is 13.9 Å². The van der Waals surface area contributed by atoms with Crippen LogP contribution in [0.3, 0.4) is 0 Å². The Balaban J connectivity index is 1.59. The fraction of sp³-hybridized carbons (Fsp3) is 0.375. The SMILES string of the molecule is CS(=O)(=O)N(CCCC(=O)N(Cc1cccc(Br)c1)[C@H](Cc1ccccc1)C(=O)NC1CCCC1)c1ccccc1F. The van der Waals surface area contributed by atoms with Crippen LogP contribution < -0.4 is 9.62 Å². The van der Waals surface area contributed by atoms with Gasteiger partial charge in [-0.15, -0.1) is 0 Å². The Hall–Kier alpha value is -3.24. The van der Waals surface area contributed by atoms with E-state index in [1.54, 1.807) is 11.0 Å². The van der Waals surface area contributed by atoms with E-state index in [4.69, 9.17) is 0 Å². The van der Waals surface area contributed by atoms with Crippen molar-refractivity contribution in [3.8, 4) is 0 Å². The molecule has 0 aliphatic heterocycles. The summed E-state index contributed by atoms with van der Waals surface area (Å²) in [4.78, 5) is 29.3. The van der Waals surface area contributed by atoms with Gasteiger partial charge < -0.3 is 10.2 Å². The van der Waals surface area contributed by atoms with Crippen molar-refractivity contribution in [2.45, 2.75) is 63.6 Å². The highest BCUT2D eigenvalue weighted by atomic mass is 79.9. The quantitative estimate of drug-likeness (QED) is 0.251. The molecule has 1 N–H and O–H groups in total. The van der Waals surface area contributed by atoms with Crippen molar-refractivity contribution in [3.63, 3.8) is 0 Å². The number of nitrogens with zero attached hydrogens (tertiary/aromatic N) is 2. The van der Waals surface area contributed by atoms with Gasteiger partial charge in [0, 0.05) is 36.4 Å². The molecule has 1 fully saturated rings. The van der Waals surface area contributed by atoms with E-state index in [0.29, 0.717) is 6.42 Å². The first-order valence-corrected chi connectivity index (χ1v) is 16.9. The fourth-order valence-corrected chi connectivity index (χ4v) is 6.80.